The standard InChI is InChI=1S/C21H19ClN4O2/c1-12-5-3-4-6-16(12)23-18(27)11-17-21(28)24-20-19(13(2)25-26(17)20)14-7-9-15(22)10-8-14/h3-10,17H,11H2,1-2H3,(H,23,27)(H,24,28). The van der Waals surface area contributed by atoms with Crippen molar-refractivity contribution in [3.63, 3.8) is 0 Å². The van der Waals surface area contributed by atoms with E-state index in [9.17, 15) is 9.59 Å². The molecule has 28 heavy (non-hydrogen) atoms. The minimum absolute atomic E-state index is 0.00828. The quantitative estimate of drug-likeness (QED) is 0.691. The van der Waals surface area contributed by atoms with Crippen molar-refractivity contribution in [3.8, 4) is 11.1 Å². The Morgan fingerprint density at radius 1 is 1.18 bits per heavy atom. The third-order valence-electron chi connectivity index (χ3n) is 4.86. The first-order valence-electron chi connectivity index (χ1n) is 8.95. The van der Waals surface area contributed by atoms with E-state index in [2.05, 4.69) is 15.7 Å². The maximum Gasteiger partial charge on any atom is 0.251 e. The number of carbonyl (C=O) groups is 2. The topological polar surface area (TPSA) is 76.0 Å². The second-order valence-electron chi connectivity index (χ2n) is 6.83. The van der Waals surface area contributed by atoms with Gasteiger partial charge in [-0.1, -0.05) is 41.9 Å². The molecule has 1 aliphatic rings. The van der Waals surface area contributed by atoms with Crippen molar-refractivity contribution < 1.29 is 9.59 Å². The summed E-state index contributed by atoms with van der Waals surface area (Å²) in [7, 11) is 0. The highest BCUT2D eigenvalue weighted by atomic mass is 35.5. The molecule has 2 N–H and O–H groups in total. The highest BCUT2D eigenvalue weighted by Gasteiger charge is 2.36. The molecule has 0 aliphatic carbocycles. The number of para-hydroxylation sites is 1. The molecule has 0 spiro atoms. The molecule has 2 aromatic carbocycles. The number of nitrogens with one attached hydrogen (secondary N) is 2. The molecule has 1 unspecified atom stereocenters. The lowest BCUT2D eigenvalue weighted by molar-refractivity contribution is -0.123. The second-order valence-corrected chi connectivity index (χ2v) is 7.27. The summed E-state index contributed by atoms with van der Waals surface area (Å²) in [6, 6.07) is 14.2. The highest BCUT2D eigenvalue weighted by molar-refractivity contribution is 6.30. The number of carbonyl (C=O) groups excluding carboxylic acids is 2. The van der Waals surface area contributed by atoms with E-state index >= 15 is 0 Å². The Morgan fingerprint density at radius 2 is 1.89 bits per heavy atom. The van der Waals surface area contributed by atoms with E-state index in [4.69, 9.17) is 11.6 Å². The van der Waals surface area contributed by atoms with E-state index in [1.807, 2.05) is 50.2 Å². The third kappa shape index (κ3) is 3.27. The van der Waals surface area contributed by atoms with Crippen LogP contribution in [0.2, 0.25) is 5.02 Å². The smallest absolute Gasteiger partial charge is 0.251 e. The fourth-order valence-corrected chi connectivity index (χ4v) is 3.56. The van der Waals surface area contributed by atoms with Crippen LogP contribution in [0.3, 0.4) is 0 Å². The molecule has 0 saturated heterocycles. The van der Waals surface area contributed by atoms with E-state index in [1.54, 1.807) is 16.8 Å². The Kier molecular flexibility index (Phi) is 4.65. The minimum Gasteiger partial charge on any atom is -0.326 e. The summed E-state index contributed by atoms with van der Waals surface area (Å²) in [6.07, 6.45) is 0.00828. The molecule has 0 bridgehead atoms. The summed E-state index contributed by atoms with van der Waals surface area (Å²) in [5, 5.41) is 10.9. The van der Waals surface area contributed by atoms with Gasteiger partial charge in [0, 0.05) is 16.3 Å². The SMILES string of the molecule is Cc1ccccc1NC(=O)CC1C(=O)Nc2c(-c3ccc(Cl)cc3)c(C)nn21. The molecule has 3 aromatic rings. The van der Waals surface area contributed by atoms with Crippen molar-refractivity contribution in [3.05, 3.63) is 64.8 Å². The minimum atomic E-state index is -0.682. The molecule has 1 aliphatic heterocycles. The summed E-state index contributed by atoms with van der Waals surface area (Å²) < 4.78 is 1.61. The molecule has 0 radical (unpaired) electrons. The number of benzene rings is 2. The van der Waals surface area contributed by atoms with Crippen molar-refractivity contribution in [2.45, 2.75) is 26.3 Å². The molecular weight excluding hydrogens is 376 g/mol. The van der Waals surface area contributed by atoms with Gasteiger partial charge in [0.05, 0.1) is 12.1 Å². The summed E-state index contributed by atoms with van der Waals surface area (Å²) in [6.45, 7) is 3.80. The molecule has 0 saturated carbocycles. The van der Waals surface area contributed by atoms with Crippen LogP contribution in [0.4, 0.5) is 11.5 Å². The molecule has 1 atom stereocenters. The van der Waals surface area contributed by atoms with E-state index in [1.165, 1.54) is 0 Å². The predicted molar refractivity (Wildman–Crippen MR) is 110 cm³/mol. The summed E-state index contributed by atoms with van der Waals surface area (Å²) >= 11 is 5.98. The Hall–Kier alpha value is -3.12. The average Bonchev–Trinajstić information content (AvgIpc) is 3.12. The summed E-state index contributed by atoms with van der Waals surface area (Å²) in [5.41, 5.74) is 4.24. The first-order chi connectivity index (χ1) is 13.4. The molecule has 2 heterocycles. The van der Waals surface area contributed by atoms with Gasteiger partial charge in [0.25, 0.3) is 5.91 Å². The van der Waals surface area contributed by atoms with Gasteiger partial charge in [-0.2, -0.15) is 5.10 Å². The Balaban J connectivity index is 1.59. The van der Waals surface area contributed by atoms with Crippen LogP contribution in [-0.4, -0.2) is 21.6 Å². The lowest BCUT2D eigenvalue weighted by Crippen LogP contribution is -2.24. The van der Waals surface area contributed by atoms with Gasteiger partial charge >= 0.3 is 0 Å². The van der Waals surface area contributed by atoms with Gasteiger partial charge < -0.3 is 10.6 Å². The van der Waals surface area contributed by atoms with Gasteiger partial charge in [-0.05, 0) is 43.2 Å². The lowest BCUT2D eigenvalue weighted by atomic mass is 10.1. The number of hydrogen-bond donors (Lipinski definition) is 2. The fraction of sp³-hybridized carbons (Fsp3) is 0.190. The van der Waals surface area contributed by atoms with Gasteiger partial charge in [-0.25, -0.2) is 4.68 Å². The molecule has 7 heteroatoms. The molecule has 2 amide bonds. The van der Waals surface area contributed by atoms with Crippen LogP contribution >= 0.6 is 11.6 Å². The number of rotatable bonds is 4. The van der Waals surface area contributed by atoms with Crippen molar-refractivity contribution in [2.75, 3.05) is 10.6 Å². The van der Waals surface area contributed by atoms with Crippen molar-refractivity contribution >= 4 is 34.9 Å². The number of fused-ring (bicyclic) bond motifs is 1. The lowest BCUT2D eigenvalue weighted by Gasteiger charge is -2.11. The van der Waals surface area contributed by atoms with Crippen LogP contribution in [-0.2, 0) is 9.59 Å². The summed E-state index contributed by atoms with van der Waals surface area (Å²) in [5.74, 6) is 0.139. The molecule has 4 rings (SSSR count). The number of aromatic nitrogens is 2. The van der Waals surface area contributed by atoms with Crippen LogP contribution in [0.15, 0.2) is 48.5 Å². The number of amides is 2. The Bertz CT molecular complexity index is 1070. The van der Waals surface area contributed by atoms with Crippen LogP contribution in [0.5, 0.6) is 0 Å². The average molecular weight is 395 g/mol. The Morgan fingerprint density at radius 3 is 2.61 bits per heavy atom. The number of halogens is 1. The Labute approximate surface area is 167 Å². The van der Waals surface area contributed by atoms with Gasteiger partial charge in [-0.3, -0.25) is 9.59 Å². The summed E-state index contributed by atoms with van der Waals surface area (Å²) in [4.78, 5) is 25.1. The molecule has 0 fully saturated rings. The van der Waals surface area contributed by atoms with E-state index in [0.29, 0.717) is 10.8 Å². The van der Waals surface area contributed by atoms with Crippen LogP contribution < -0.4 is 10.6 Å². The fourth-order valence-electron chi connectivity index (χ4n) is 3.44. The zero-order valence-electron chi connectivity index (χ0n) is 15.5. The maximum atomic E-state index is 12.5. The predicted octanol–water partition coefficient (Wildman–Crippen LogP) is 4.34. The highest BCUT2D eigenvalue weighted by Crippen LogP contribution is 2.38. The van der Waals surface area contributed by atoms with E-state index in [0.717, 1.165) is 28.1 Å². The number of aryl methyl sites for hydroxylation is 2. The third-order valence-corrected chi connectivity index (χ3v) is 5.11. The van der Waals surface area contributed by atoms with Crippen LogP contribution in [0.1, 0.15) is 23.7 Å². The van der Waals surface area contributed by atoms with Crippen LogP contribution in [0, 0.1) is 13.8 Å². The molecule has 1 aromatic heterocycles. The largest absolute Gasteiger partial charge is 0.326 e. The zero-order chi connectivity index (χ0) is 19.8. The van der Waals surface area contributed by atoms with Crippen LogP contribution in [0.25, 0.3) is 11.1 Å². The number of nitrogens with zero attached hydrogens (tertiary/aromatic N) is 2. The number of hydrogen-bond acceptors (Lipinski definition) is 3. The van der Waals surface area contributed by atoms with Crippen molar-refractivity contribution in [2.24, 2.45) is 0 Å². The maximum absolute atomic E-state index is 12.5. The molecular formula is C21H19ClN4O2. The monoisotopic (exact) mass is 394 g/mol. The van der Waals surface area contributed by atoms with Crippen molar-refractivity contribution in [1.29, 1.82) is 0 Å². The first kappa shape index (κ1) is 18.3. The normalized spacial score (nSPS) is 15.2. The second kappa shape index (κ2) is 7.13. The van der Waals surface area contributed by atoms with Crippen molar-refractivity contribution in [1.82, 2.24) is 9.78 Å². The van der Waals surface area contributed by atoms with Gasteiger partial charge in [0.1, 0.15) is 11.9 Å². The van der Waals surface area contributed by atoms with E-state index in [-0.39, 0.29) is 18.2 Å². The van der Waals surface area contributed by atoms with Gasteiger partial charge in [0.2, 0.25) is 5.91 Å². The van der Waals surface area contributed by atoms with Gasteiger partial charge in [-0.15, -0.1) is 0 Å². The van der Waals surface area contributed by atoms with Gasteiger partial charge in [0.15, 0.2) is 0 Å². The molecule has 142 valence electrons. The first-order valence-corrected chi connectivity index (χ1v) is 9.33. The zero-order valence-corrected chi connectivity index (χ0v) is 16.2. The number of anilines is 2. The van der Waals surface area contributed by atoms with E-state index < -0.39 is 6.04 Å². The molecule has 6 nitrogen and oxygen atoms in total.